The fourth-order valence-corrected chi connectivity index (χ4v) is 2.45. The molecule has 0 spiro atoms. The molecule has 1 aromatic rings. The van der Waals surface area contributed by atoms with Crippen molar-refractivity contribution < 1.29 is 4.74 Å². The number of rotatable bonds is 3. The van der Waals surface area contributed by atoms with Crippen LogP contribution in [0.2, 0.25) is 10.0 Å². The lowest BCUT2D eigenvalue weighted by Crippen LogP contribution is -2.36. The van der Waals surface area contributed by atoms with Gasteiger partial charge in [-0.3, -0.25) is 0 Å². The summed E-state index contributed by atoms with van der Waals surface area (Å²) < 4.78 is 5.91. The molecule has 0 aliphatic heterocycles. The van der Waals surface area contributed by atoms with Crippen molar-refractivity contribution in [1.29, 1.82) is 0 Å². The highest BCUT2D eigenvalue weighted by Crippen LogP contribution is 2.31. The SMILES string of the molecule is CNC1CCCC1Oc1cc(Cl)ccc1Cl. The van der Waals surface area contributed by atoms with E-state index in [4.69, 9.17) is 27.9 Å². The molecule has 2 nitrogen and oxygen atoms in total. The van der Waals surface area contributed by atoms with Crippen molar-refractivity contribution in [3.63, 3.8) is 0 Å². The number of nitrogens with one attached hydrogen (secondary N) is 1. The smallest absolute Gasteiger partial charge is 0.139 e. The van der Waals surface area contributed by atoms with Crippen LogP contribution >= 0.6 is 23.2 Å². The van der Waals surface area contributed by atoms with E-state index in [0.717, 1.165) is 12.8 Å². The van der Waals surface area contributed by atoms with Gasteiger partial charge in [-0.1, -0.05) is 23.2 Å². The zero-order chi connectivity index (χ0) is 11.5. The van der Waals surface area contributed by atoms with Crippen molar-refractivity contribution in [2.45, 2.75) is 31.4 Å². The number of halogens is 2. The lowest BCUT2D eigenvalue weighted by atomic mass is 10.2. The molecule has 0 amide bonds. The number of ether oxygens (including phenoxy) is 1. The summed E-state index contributed by atoms with van der Waals surface area (Å²) >= 11 is 12.0. The van der Waals surface area contributed by atoms with E-state index in [1.165, 1.54) is 6.42 Å². The molecular formula is C12H15Cl2NO. The molecule has 4 heteroatoms. The molecule has 0 bridgehead atoms. The third-order valence-corrected chi connectivity index (χ3v) is 3.54. The predicted molar refractivity (Wildman–Crippen MR) is 67.6 cm³/mol. The Morgan fingerprint density at radius 2 is 2.12 bits per heavy atom. The maximum Gasteiger partial charge on any atom is 0.139 e. The summed E-state index contributed by atoms with van der Waals surface area (Å²) in [5.41, 5.74) is 0. The Morgan fingerprint density at radius 3 is 2.88 bits per heavy atom. The molecule has 16 heavy (non-hydrogen) atoms. The second-order valence-corrected chi connectivity index (χ2v) is 4.90. The van der Waals surface area contributed by atoms with Crippen molar-refractivity contribution >= 4 is 23.2 Å². The summed E-state index contributed by atoms with van der Waals surface area (Å²) in [7, 11) is 1.96. The minimum Gasteiger partial charge on any atom is -0.487 e. The molecule has 2 atom stereocenters. The van der Waals surface area contributed by atoms with Gasteiger partial charge in [0.1, 0.15) is 11.9 Å². The van der Waals surface area contributed by atoms with Crippen LogP contribution < -0.4 is 10.1 Å². The van der Waals surface area contributed by atoms with Crippen LogP contribution in [0.15, 0.2) is 18.2 Å². The van der Waals surface area contributed by atoms with Crippen LogP contribution in [0.1, 0.15) is 19.3 Å². The molecular weight excluding hydrogens is 245 g/mol. The van der Waals surface area contributed by atoms with E-state index in [-0.39, 0.29) is 6.10 Å². The van der Waals surface area contributed by atoms with Gasteiger partial charge in [0, 0.05) is 17.1 Å². The van der Waals surface area contributed by atoms with Gasteiger partial charge in [-0.2, -0.15) is 0 Å². The van der Waals surface area contributed by atoms with Crippen molar-refractivity contribution in [2.24, 2.45) is 0 Å². The summed E-state index contributed by atoms with van der Waals surface area (Å²) in [6, 6.07) is 5.72. The first-order chi connectivity index (χ1) is 7.70. The molecule has 1 aliphatic carbocycles. The van der Waals surface area contributed by atoms with Crippen molar-refractivity contribution in [3.8, 4) is 5.75 Å². The molecule has 1 saturated carbocycles. The maximum atomic E-state index is 6.06. The molecule has 0 radical (unpaired) electrons. The van der Waals surface area contributed by atoms with Gasteiger partial charge >= 0.3 is 0 Å². The Hall–Kier alpha value is -0.440. The molecule has 1 aromatic carbocycles. The summed E-state index contributed by atoms with van der Waals surface area (Å²) in [5.74, 6) is 0.682. The van der Waals surface area contributed by atoms with Gasteiger partial charge in [-0.25, -0.2) is 0 Å². The summed E-state index contributed by atoms with van der Waals surface area (Å²) in [6.07, 6.45) is 3.60. The minimum atomic E-state index is 0.195. The Labute approximate surface area is 106 Å². The van der Waals surface area contributed by atoms with Crippen LogP contribution in [0.3, 0.4) is 0 Å². The van der Waals surface area contributed by atoms with E-state index in [1.807, 2.05) is 7.05 Å². The minimum absolute atomic E-state index is 0.195. The Bertz CT molecular complexity index is 370. The average molecular weight is 260 g/mol. The van der Waals surface area contributed by atoms with E-state index in [9.17, 15) is 0 Å². The second kappa shape index (κ2) is 5.26. The lowest BCUT2D eigenvalue weighted by Gasteiger charge is -2.21. The van der Waals surface area contributed by atoms with E-state index in [0.29, 0.717) is 21.8 Å². The normalized spacial score (nSPS) is 24.7. The quantitative estimate of drug-likeness (QED) is 0.897. The number of benzene rings is 1. The van der Waals surface area contributed by atoms with Crippen molar-refractivity contribution in [1.82, 2.24) is 5.32 Å². The molecule has 88 valence electrons. The van der Waals surface area contributed by atoms with E-state index in [1.54, 1.807) is 18.2 Å². The highest BCUT2D eigenvalue weighted by atomic mass is 35.5. The maximum absolute atomic E-state index is 6.06. The summed E-state index contributed by atoms with van der Waals surface area (Å²) in [4.78, 5) is 0. The molecule has 1 fully saturated rings. The van der Waals surface area contributed by atoms with Crippen molar-refractivity contribution in [3.05, 3.63) is 28.2 Å². The monoisotopic (exact) mass is 259 g/mol. The van der Waals surface area contributed by atoms with E-state index < -0.39 is 0 Å². The summed E-state index contributed by atoms with van der Waals surface area (Å²) in [6.45, 7) is 0. The fraction of sp³-hybridized carbons (Fsp3) is 0.500. The van der Waals surface area contributed by atoms with E-state index >= 15 is 0 Å². The van der Waals surface area contributed by atoms with Gasteiger partial charge in [0.15, 0.2) is 0 Å². The Morgan fingerprint density at radius 1 is 1.31 bits per heavy atom. The van der Waals surface area contributed by atoms with Crippen LogP contribution in [-0.2, 0) is 0 Å². The topological polar surface area (TPSA) is 21.3 Å². The lowest BCUT2D eigenvalue weighted by molar-refractivity contribution is 0.179. The first-order valence-corrected chi connectivity index (χ1v) is 6.25. The second-order valence-electron chi connectivity index (χ2n) is 4.06. The molecule has 2 unspecified atom stereocenters. The first-order valence-electron chi connectivity index (χ1n) is 5.49. The summed E-state index contributed by atoms with van der Waals surface area (Å²) in [5, 5.41) is 4.54. The molecule has 0 aromatic heterocycles. The predicted octanol–water partition coefficient (Wildman–Crippen LogP) is 3.51. The van der Waals surface area contributed by atoms with Crippen molar-refractivity contribution in [2.75, 3.05) is 7.05 Å². The van der Waals surface area contributed by atoms with Crippen LogP contribution in [0.4, 0.5) is 0 Å². The van der Waals surface area contributed by atoms with Crippen LogP contribution in [-0.4, -0.2) is 19.2 Å². The fourth-order valence-electron chi connectivity index (χ4n) is 2.13. The number of hydrogen-bond donors (Lipinski definition) is 1. The largest absolute Gasteiger partial charge is 0.487 e. The van der Waals surface area contributed by atoms with Gasteiger partial charge in [0.2, 0.25) is 0 Å². The van der Waals surface area contributed by atoms with Crippen LogP contribution in [0.5, 0.6) is 5.75 Å². The Balaban J connectivity index is 2.11. The molecule has 2 rings (SSSR count). The van der Waals surface area contributed by atoms with Gasteiger partial charge in [-0.15, -0.1) is 0 Å². The standard InChI is InChI=1S/C12H15Cl2NO/c1-15-10-3-2-4-11(10)16-12-7-8(13)5-6-9(12)14/h5-7,10-11,15H,2-4H2,1H3. The van der Waals surface area contributed by atoms with Crippen LogP contribution in [0.25, 0.3) is 0 Å². The van der Waals surface area contributed by atoms with Crippen LogP contribution in [0, 0.1) is 0 Å². The van der Waals surface area contributed by atoms with Gasteiger partial charge < -0.3 is 10.1 Å². The molecule has 0 saturated heterocycles. The van der Waals surface area contributed by atoms with Gasteiger partial charge in [-0.05, 0) is 38.4 Å². The highest BCUT2D eigenvalue weighted by Gasteiger charge is 2.28. The molecule has 0 heterocycles. The molecule has 1 aliphatic rings. The average Bonchev–Trinajstić information content (AvgIpc) is 2.71. The van der Waals surface area contributed by atoms with E-state index in [2.05, 4.69) is 5.32 Å². The zero-order valence-electron chi connectivity index (χ0n) is 9.17. The zero-order valence-corrected chi connectivity index (χ0v) is 10.7. The molecule has 1 N–H and O–H groups in total. The highest BCUT2D eigenvalue weighted by molar-refractivity contribution is 6.34. The van der Waals surface area contributed by atoms with Gasteiger partial charge in [0.25, 0.3) is 0 Å². The first kappa shape index (κ1) is 12.0. The number of likely N-dealkylation sites (N-methyl/N-ethyl adjacent to an activating group) is 1. The third-order valence-electron chi connectivity index (χ3n) is 2.99. The third kappa shape index (κ3) is 2.62. The van der Waals surface area contributed by atoms with Gasteiger partial charge in [0.05, 0.1) is 5.02 Å². The Kier molecular flexibility index (Phi) is 3.95. The number of hydrogen-bond acceptors (Lipinski definition) is 2.